The van der Waals surface area contributed by atoms with Gasteiger partial charge in [0.25, 0.3) is 0 Å². The molecule has 0 fully saturated rings. The smallest absolute Gasteiger partial charge is 0.108 e. The summed E-state index contributed by atoms with van der Waals surface area (Å²) < 4.78 is 2.13. The van der Waals surface area contributed by atoms with Gasteiger partial charge in [0, 0.05) is 41.7 Å². The van der Waals surface area contributed by atoms with Crippen LogP contribution in [0.5, 0.6) is 0 Å². The first-order valence-corrected chi connectivity index (χ1v) is 8.90. The number of aromatic nitrogens is 2. The molecule has 0 aliphatic heterocycles. The van der Waals surface area contributed by atoms with Crippen LogP contribution in [0.15, 0.2) is 18.5 Å². The minimum Gasteiger partial charge on any atom is -0.338 e. The van der Waals surface area contributed by atoms with Gasteiger partial charge >= 0.3 is 0 Å². The summed E-state index contributed by atoms with van der Waals surface area (Å²) in [5.74, 6) is 1.18. The minimum atomic E-state index is 0.484. The van der Waals surface area contributed by atoms with Crippen molar-refractivity contribution < 1.29 is 0 Å². The van der Waals surface area contributed by atoms with Gasteiger partial charge in [-0.2, -0.15) is 0 Å². The Bertz CT molecular complexity index is 563. The van der Waals surface area contributed by atoms with Crippen LogP contribution in [0.3, 0.4) is 0 Å². The van der Waals surface area contributed by atoms with Crippen LogP contribution in [0.4, 0.5) is 0 Å². The molecular formula is C17H25N3S. The molecular weight excluding hydrogens is 278 g/mol. The van der Waals surface area contributed by atoms with E-state index >= 15 is 0 Å². The molecule has 0 spiro atoms. The van der Waals surface area contributed by atoms with E-state index in [1.807, 2.05) is 23.7 Å². The monoisotopic (exact) mass is 303 g/mol. The fourth-order valence-corrected chi connectivity index (χ4v) is 4.47. The molecule has 2 heterocycles. The van der Waals surface area contributed by atoms with Gasteiger partial charge < -0.3 is 9.88 Å². The van der Waals surface area contributed by atoms with Crippen LogP contribution < -0.4 is 5.32 Å². The number of nitrogens with zero attached hydrogens (tertiary/aromatic N) is 2. The fourth-order valence-electron chi connectivity index (χ4n) is 3.10. The van der Waals surface area contributed by atoms with E-state index < -0.39 is 0 Å². The predicted octanol–water partition coefficient (Wildman–Crippen LogP) is 3.64. The van der Waals surface area contributed by atoms with E-state index in [1.165, 1.54) is 36.4 Å². The van der Waals surface area contributed by atoms with Gasteiger partial charge in [0.1, 0.15) is 5.82 Å². The molecule has 21 heavy (non-hydrogen) atoms. The summed E-state index contributed by atoms with van der Waals surface area (Å²) in [5.41, 5.74) is 1.61. The zero-order valence-electron chi connectivity index (χ0n) is 13.1. The van der Waals surface area contributed by atoms with Gasteiger partial charge in [-0.15, -0.1) is 11.3 Å². The lowest BCUT2D eigenvalue weighted by Gasteiger charge is -2.17. The number of imidazole rings is 1. The van der Waals surface area contributed by atoms with Crippen LogP contribution in [0.25, 0.3) is 0 Å². The van der Waals surface area contributed by atoms with Gasteiger partial charge in [0.15, 0.2) is 0 Å². The maximum absolute atomic E-state index is 4.45. The first kappa shape index (κ1) is 14.8. The van der Waals surface area contributed by atoms with Crippen molar-refractivity contribution in [3.05, 3.63) is 39.6 Å². The quantitative estimate of drug-likeness (QED) is 0.846. The van der Waals surface area contributed by atoms with Crippen molar-refractivity contribution in [1.29, 1.82) is 0 Å². The van der Waals surface area contributed by atoms with E-state index in [-0.39, 0.29) is 0 Å². The van der Waals surface area contributed by atoms with Crippen LogP contribution in [-0.4, -0.2) is 16.1 Å². The lowest BCUT2D eigenvalue weighted by Crippen LogP contribution is -2.22. The van der Waals surface area contributed by atoms with E-state index in [1.54, 1.807) is 10.4 Å². The van der Waals surface area contributed by atoms with Crippen molar-refractivity contribution in [3.63, 3.8) is 0 Å². The second-order valence-electron chi connectivity index (χ2n) is 5.95. The van der Waals surface area contributed by atoms with Gasteiger partial charge in [0.2, 0.25) is 0 Å². The highest BCUT2D eigenvalue weighted by atomic mass is 32.1. The molecule has 0 amide bonds. The van der Waals surface area contributed by atoms with Gasteiger partial charge in [-0.25, -0.2) is 4.98 Å². The summed E-state index contributed by atoms with van der Waals surface area (Å²) >= 11 is 2.03. The normalized spacial score (nSPS) is 15.3. The highest BCUT2D eigenvalue weighted by molar-refractivity contribution is 7.12. The number of aryl methyl sites for hydroxylation is 4. The molecule has 3 rings (SSSR count). The molecule has 0 saturated heterocycles. The average Bonchev–Trinajstić information content (AvgIpc) is 3.15. The summed E-state index contributed by atoms with van der Waals surface area (Å²) in [6, 6.07) is 2.94. The zero-order valence-corrected chi connectivity index (χ0v) is 13.9. The highest BCUT2D eigenvalue weighted by Gasteiger charge is 2.20. The van der Waals surface area contributed by atoms with Gasteiger partial charge in [-0.05, 0) is 50.3 Å². The van der Waals surface area contributed by atoms with Crippen molar-refractivity contribution in [2.24, 2.45) is 7.05 Å². The van der Waals surface area contributed by atoms with Crippen LogP contribution in [0, 0.1) is 0 Å². The highest BCUT2D eigenvalue weighted by Crippen LogP contribution is 2.35. The number of nitrogens with one attached hydrogen (secondary N) is 1. The zero-order chi connectivity index (χ0) is 14.7. The summed E-state index contributed by atoms with van der Waals surface area (Å²) in [6.07, 6.45) is 11.2. The third-order valence-electron chi connectivity index (χ3n) is 4.33. The maximum atomic E-state index is 4.45. The third kappa shape index (κ3) is 3.38. The average molecular weight is 303 g/mol. The Morgan fingerprint density at radius 3 is 3.05 bits per heavy atom. The molecule has 2 aromatic heterocycles. The van der Waals surface area contributed by atoms with E-state index in [4.69, 9.17) is 0 Å². The Morgan fingerprint density at radius 1 is 1.43 bits per heavy atom. The third-order valence-corrected chi connectivity index (χ3v) is 5.68. The van der Waals surface area contributed by atoms with E-state index in [9.17, 15) is 0 Å². The SMILES string of the molecule is CCCNC(CCc1nccn1C)c1cc2c(s1)CCC2. The molecule has 1 atom stereocenters. The van der Waals surface area contributed by atoms with Gasteiger partial charge in [-0.1, -0.05) is 6.92 Å². The second kappa shape index (κ2) is 6.75. The molecule has 1 unspecified atom stereocenters. The fraction of sp³-hybridized carbons (Fsp3) is 0.588. The van der Waals surface area contributed by atoms with Crippen LogP contribution in [0.1, 0.15) is 53.4 Å². The summed E-state index contributed by atoms with van der Waals surface area (Å²) in [6.45, 7) is 3.32. The molecule has 0 radical (unpaired) electrons. The molecule has 1 aliphatic rings. The first-order valence-electron chi connectivity index (χ1n) is 8.09. The van der Waals surface area contributed by atoms with Crippen molar-refractivity contribution in [2.75, 3.05) is 6.54 Å². The summed E-state index contributed by atoms with van der Waals surface area (Å²) in [5, 5.41) is 3.73. The number of hydrogen-bond acceptors (Lipinski definition) is 3. The number of thiophene rings is 1. The maximum Gasteiger partial charge on any atom is 0.108 e. The lowest BCUT2D eigenvalue weighted by molar-refractivity contribution is 0.497. The van der Waals surface area contributed by atoms with Crippen LogP contribution in [0.2, 0.25) is 0 Å². The Balaban J connectivity index is 1.69. The Hall–Kier alpha value is -1.13. The Morgan fingerprint density at radius 2 is 2.33 bits per heavy atom. The summed E-state index contributed by atoms with van der Waals surface area (Å²) in [4.78, 5) is 7.61. The molecule has 114 valence electrons. The van der Waals surface area contributed by atoms with Crippen molar-refractivity contribution in [1.82, 2.24) is 14.9 Å². The molecule has 0 bridgehead atoms. The number of rotatable bonds is 7. The summed E-state index contributed by atoms with van der Waals surface area (Å²) in [7, 11) is 2.08. The van der Waals surface area contributed by atoms with Gasteiger partial charge in [0.05, 0.1) is 0 Å². The van der Waals surface area contributed by atoms with Gasteiger partial charge in [-0.3, -0.25) is 0 Å². The van der Waals surface area contributed by atoms with Crippen LogP contribution >= 0.6 is 11.3 Å². The lowest BCUT2D eigenvalue weighted by atomic mass is 10.1. The van der Waals surface area contributed by atoms with Crippen molar-refractivity contribution in [2.45, 2.75) is 51.5 Å². The first-order chi connectivity index (χ1) is 10.3. The molecule has 1 N–H and O–H groups in total. The molecule has 1 aliphatic carbocycles. The van der Waals surface area contributed by atoms with E-state index in [0.717, 1.165) is 19.4 Å². The number of fused-ring (bicyclic) bond motifs is 1. The molecule has 4 heteroatoms. The standard InChI is InChI=1S/C17H25N3S/c1-3-9-18-14(7-8-17-19-10-11-20(17)2)16-12-13-5-4-6-15(13)21-16/h10-12,14,18H,3-9H2,1-2H3. The van der Waals surface area contributed by atoms with E-state index in [2.05, 4.69) is 34.9 Å². The number of hydrogen-bond donors (Lipinski definition) is 1. The minimum absolute atomic E-state index is 0.484. The molecule has 2 aromatic rings. The van der Waals surface area contributed by atoms with Crippen molar-refractivity contribution in [3.8, 4) is 0 Å². The molecule has 0 saturated carbocycles. The van der Waals surface area contributed by atoms with Crippen LogP contribution in [-0.2, 0) is 26.3 Å². The topological polar surface area (TPSA) is 29.9 Å². The van der Waals surface area contributed by atoms with Crippen molar-refractivity contribution >= 4 is 11.3 Å². The molecule has 0 aromatic carbocycles. The predicted molar refractivity (Wildman–Crippen MR) is 88.9 cm³/mol. The Kier molecular flexibility index (Phi) is 4.76. The van der Waals surface area contributed by atoms with E-state index in [0.29, 0.717) is 6.04 Å². The Labute approximate surface area is 131 Å². The largest absolute Gasteiger partial charge is 0.338 e. The molecule has 3 nitrogen and oxygen atoms in total. The second-order valence-corrected chi connectivity index (χ2v) is 7.12.